The molecule has 0 aliphatic carbocycles. The van der Waals surface area contributed by atoms with E-state index in [-0.39, 0.29) is 6.04 Å². The maximum atomic E-state index is 13.1. The average molecular weight is 209 g/mol. The Morgan fingerprint density at radius 3 is 2.36 bits per heavy atom. The topological polar surface area (TPSA) is 58.4 Å². The molecule has 0 aliphatic rings. The van der Waals surface area contributed by atoms with E-state index < -0.39 is 18.4 Å². The third kappa shape index (κ3) is 3.55. The molecule has 0 heterocycles. The van der Waals surface area contributed by atoms with E-state index in [9.17, 15) is 13.6 Å². The Kier molecular flexibility index (Phi) is 4.93. The fourth-order valence-corrected chi connectivity index (χ4v) is 1.09. The molecule has 0 spiro atoms. The number of rotatable bonds is 5. The van der Waals surface area contributed by atoms with Crippen molar-refractivity contribution < 1.29 is 13.6 Å². The van der Waals surface area contributed by atoms with E-state index in [1.807, 2.05) is 0 Å². The lowest BCUT2D eigenvalue weighted by atomic mass is 10.2. The molecule has 4 nitrogen and oxygen atoms in total. The van der Waals surface area contributed by atoms with Crippen LogP contribution in [0.15, 0.2) is 0 Å². The summed E-state index contributed by atoms with van der Waals surface area (Å²) in [5.41, 5.74) is 1.46. The molecular formula is C8H17F2N3O. The SMILES string of the molecule is CCN(CC(F)(F)C(=O)NN)C(C)C. The van der Waals surface area contributed by atoms with Crippen molar-refractivity contribution in [3.05, 3.63) is 0 Å². The second-order valence-electron chi connectivity index (χ2n) is 3.33. The van der Waals surface area contributed by atoms with E-state index in [0.717, 1.165) is 0 Å². The molecule has 0 unspecified atom stereocenters. The largest absolute Gasteiger partial charge is 0.338 e. The van der Waals surface area contributed by atoms with Crippen molar-refractivity contribution in [1.29, 1.82) is 0 Å². The number of carbonyl (C=O) groups excluding carboxylic acids is 1. The van der Waals surface area contributed by atoms with Crippen molar-refractivity contribution in [1.82, 2.24) is 10.3 Å². The van der Waals surface area contributed by atoms with Crippen LogP contribution in [-0.2, 0) is 4.79 Å². The van der Waals surface area contributed by atoms with Crippen molar-refractivity contribution in [3.8, 4) is 0 Å². The lowest BCUT2D eigenvalue weighted by molar-refractivity contribution is -0.148. The van der Waals surface area contributed by atoms with E-state index >= 15 is 0 Å². The number of nitrogens with two attached hydrogens (primary N) is 1. The molecule has 0 aromatic rings. The first-order valence-corrected chi connectivity index (χ1v) is 4.48. The summed E-state index contributed by atoms with van der Waals surface area (Å²) in [5, 5.41) is 0. The summed E-state index contributed by atoms with van der Waals surface area (Å²) in [6.07, 6.45) is 0. The Morgan fingerprint density at radius 2 is 2.07 bits per heavy atom. The average Bonchev–Trinajstić information content (AvgIpc) is 2.12. The standard InChI is InChI=1S/C8H17F2N3O/c1-4-13(6(2)3)5-8(9,10)7(14)12-11/h6H,4-5,11H2,1-3H3,(H,12,14). The van der Waals surface area contributed by atoms with Gasteiger partial charge in [-0.15, -0.1) is 0 Å². The van der Waals surface area contributed by atoms with E-state index in [1.54, 1.807) is 20.8 Å². The van der Waals surface area contributed by atoms with Gasteiger partial charge in [0.1, 0.15) is 0 Å². The van der Waals surface area contributed by atoms with E-state index in [0.29, 0.717) is 6.54 Å². The summed E-state index contributed by atoms with van der Waals surface area (Å²) in [7, 11) is 0. The number of alkyl halides is 2. The molecule has 1 amide bonds. The Labute approximate surface area is 82.4 Å². The summed E-state index contributed by atoms with van der Waals surface area (Å²) >= 11 is 0. The molecule has 0 saturated carbocycles. The van der Waals surface area contributed by atoms with Crippen LogP contribution in [-0.4, -0.2) is 35.9 Å². The quantitative estimate of drug-likeness (QED) is 0.390. The number of hydrogen-bond donors (Lipinski definition) is 2. The molecule has 0 radical (unpaired) electrons. The van der Waals surface area contributed by atoms with Gasteiger partial charge in [-0.2, -0.15) is 8.78 Å². The summed E-state index contributed by atoms with van der Waals surface area (Å²) in [4.78, 5) is 12.2. The molecule has 6 heteroatoms. The number of nitrogens with one attached hydrogen (secondary N) is 1. The summed E-state index contributed by atoms with van der Waals surface area (Å²) < 4.78 is 26.2. The normalized spacial score (nSPS) is 12.3. The summed E-state index contributed by atoms with van der Waals surface area (Å²) in [6, 6.07) is -0.0311. The maximum absolute atomic E-state index is 13.1. The number of carbonyl (C=O) groups is 1. The number of amides is 1. The van der Waals surface area contributed by atoms with Gasteiger partial charge in [0.2, 0.25) is 0 Å². The molecule has 0 rings (SSSR count). The van der Waals surface area contributed by atoms with Crippen molar-refractivity contribution in [2.24, 2.45) is 5.84 Å². The molecule has 0 fully saturated rings. The number of hydrogen-bond acceptors (Lipinski definition) is 3. The lowest BCUT2D eigenvalue weighted by Crippen LogP contribution is -2.51. The molecule has 0 aromatic heterocycles. The number of hydrazine groups is 1. The highest BCUT2D eigenvalue weighted by Gasteiger charge is 2.40. The van der Waals surface area contributed by atoms with Gasteiger partial charge in [-0.3, -0.25) is 15.1 Å². The van der Waals surface area contributed by atoms with E-state index in [4.69, 9.17) is 0 Å². The first-order chi connectivity index (χ1) is 6.35. The Balaban J connectivity index is 4.39. The minimum absolute atomic E-state index is 0.0311. The minimum atomic E-state index is -3.44. The van der Waals surface area contributed by atoms with Crippen LogP contribution in [0.1, 0.15) is 20.8 Å². The molecule has 0 aliphatic heterocycles. The fraction of sp³-hybridized carbons (Fsp3) is 0.875. The second-order valence-corrected chi connectivity index (χ2v) is 3.33. The van der Waals surface area contributed by atoms with Crippen molar-refractivity contribution in [2.75, 3.05) is 13.1 Å². The lowest BCUT2D eigenvalue weighted by Gasteiger charge is -2.28. The Bertz CT molecular complexity index is 197. The molecule has 14 heavy (non-hydrogen) atoms. The molecule has 0 atom stereocenters. The first-order valence-electron chi connectivity index (χ1n) is 4.48. The first kappa shape index (κ1) is 13.2. The minimum Gasteiger partial charge on any atom is -0.295 e. The fourth-order valence-electron chi connectivity index (χ4n) is 1.09. The van der Waals surface area contributed by atoms with Crippen molar-refractivity contribution in [2.45, 2.75) is 32.7 Å². The summed E-state index contributed by atoms with van der Waals surface area (Å²) in [5.74, 6) is -0.230. The van der Waals surface area contributed by atoms with E-state index in [1.165, 1.54) is 10.3 Å². The molecule has 3 N–H and O–H groups in total. The van der Waals surface area contributed by atoms with Gasteiger partial charge in [0.25, 0.3) is 0 Å². The van der Waals surface area contributed by atoms with Gasteiger partial charge in [-0.25, -0.2) is 5.84 Å². The molecule has 0 aromatic carbocycles. The van der Waals surface area contributed by atoms with Crippen LogP contribution in [0.3, 0.4) is 0 Å². The van der Waals surface area contributed by atoms with Crippen molar-refractivity contribution in [3.63, 3.8) is 0 Å². The van der Waals surface area contributed by atoms with Gasteiger partial charge in [0, 0.05) is 6.04 Å². The smallest absolute Gasteiger partial charge is 0.295 e. The summed E-state index contributed by atoms with van der Waals surface area (Å²) in [6.45, 7) is 5.20. The Hall–Kier alpha value is -0.750. The van der Waals surface area contributed by atoms with Crippen LogP contribution in [0.2, 0.25) is 0 Å². The van der Waals surface area contributed by atoms with Gasteiger partial charge in [-0.1, -0.05) is 6.92 Å². The van der Waals surface area contributed by atoms with Gasteiger partial charge >= 0.3 is 11.8 Å². The van der Waals surface area contributed by atoms with Crippen LogP contribution >= 0.6 is 0 Å². The maximum Gasteiger partial charge on any atom is 0.338 e. The van der Waals surface area contributed by atoms with E-state index in [2.05, 4.69) is 5.84 Å². The third-order valence-electron chi connectivity index (χ3n) is 2.00. The third-order valence-corrected chi connectivity index (χ3v) is 2.00. The molecule has 84 valence electrons. The van der Waals surface area contributed by atoms with Crippen LogP contribution in [0.25, 0.3) is 0 Å². The van der Waals surface area contributed by atoms with Crippen LogP contribution in [0, 0.1) is 0 Å². The predicted molar refractivity (Wildman–Crippen MR) is 49.7 cm³/mol. The predicted octanol–water partition coefficient (Wildman–Crippen LogP) is 0.342. The zero-order chi connectivity index (χ0) is 11.4. The highest BCUT2D eigenvalue weighted by molar-refractivity contribution is 5.83. The van der Waals surface area contributed by atoms with Gasteiger partial charge in [-0.05, 0) is 20.4 Å². The monoisotopic (exact) mass is 209 g/mol. The van der Waals surface area contributed by atoms with Crippen LogP contribution < -0.4 is 11.3 Å². The van der Waals surface area contributed by atoms with Crippen molar-refractivity contribution >= 4 is 5.91 Å². The van der Waals surface area contributed by atoms with Gasteiger partial charge in [0.15, 0.2) is 0 Å². The van der Waals surface area contributed by atoms with Crippen LogP contribution in [0.5, 0.6) is 0 Å². The highest BCUT2D eigenvalue weighted by atomic mass is 19.3. The zero-order valence-corrected chi connectivity index (χ0v) is 8.68. The molecule has 0 saturated heterocycles. The molecular weight excluding hydrogens is 192 g/mol. The Morgan fingerprint density at radius 1 is 1.57 bits per heavy atom. The zero-order valence-electron chi connectivity index (χ0n) is 8.68. The van der Waals surface area contributed by atoms with Gasteiger partial charge in [0.05, 0.1) is 6.54 Å². The molecule has 0 bridgehead atoms. The second kappa shape index (κ2) is 5.21. The van der Waals surface area contributed by atoms with Crippen LogP contribution in [0.4, 0.5) is 8.78 Å². The number of nitrogens with zero attached hydrogens (tertiary/aromatic N) is 1. The highest BCUT2D eigenvalue weighted by Crippen LogP contribution is 2.16. The van der Waals surface area contributed by atoms with Gasteiger partial charge < -0.3 is 0 Å². The number of halogens is 2.